The summed E-state index contributed by atoms with van der Waals surface area (Å²) in [5.41, 5.74) is 0. The molecule has 0 aliphatic carbocycles. The Balaban J connectivity index is 0.00000288. The van der Waals surface area contributed by atoms with E-state index in [9.17, 15) is 0 Å². The highest BCUT2D eigenvalue weighted by atomic mass is 35.5. The first-order chi connectivity index (χ1) is 10.9. The molecule has 144 valence electrons. The first kappa shape index (κ1) is 22.6. The van der Waals surface area contributed by atoms with Gasteiger partial charge in [0.15, 0.2) is 0 Å². The van der Waals surface area contributed by atoms with Crippen molar-refractivity contribution in [3.05, 3.63) is 0 Å². The van der Waals surface area contributed by atoms with E-state index in [0.717, 1.165) is 17.8 Å². The Morgan fingerprint density at radius 3 is 1.12 bits per heavy atom. The zero-order chi connectivity index (χ0) is 17.0. The van der Waals surface area contributed by atoms with E-state index in [4.69, 9.17) is 0 Å². The Bertz CT molecular complexity index is 302. The van der Waals surface area contributed by atoms with Crippen LogP contribution in [0.15, 0.2) is 0 Å². The largest absolute Gasteiger partial charge is 0.299 e. The number of nitrogens with zero attached hydrogens (tertiary/aromatic N) is 4. The summed E-state index contributed by atoms with van der Waals surface area (Å²) in [5.74, 6) is 2.23. The molecule has 0 N–H and O–H groups in total. The molecule has 3 saturated heterocycles. The SMILES string of the molecule is CC(C)CN1CCN2CCN(CC(C)C)P1N(CC(C)C)CC2.Cl. The van der Waals surface area contributed by atoms with Crippen LogP contribution in [-0.2, 0) is 0 Å². The van der Waals surface area contributed by atoms with Gasteiger partial charge in [0.25, 0.3) is 0 Å². The van der Waals surface area contributed by atoms with E-state index in [2.05, 4.69) is 60.5 Å². The minimum absolute atomic E-state index is 0. The fourth-order valence-corrected chi connectivity index (χ4v) is 6.96. The number of fused-ring (bicyclic) bond motifs is 6. The molecule has 0 spiro atoms. The van der Waals surface area contributed by atoms with Crippen molar-refractivity contribution in [3.8, 4) is 0 Å². The van der Waals surface area contributed by atoms with Crippen molar-refractivity contribution in [1.82, 2.24) is 18.9 Å². The van der Waals surface area contributed by atoms with Crippen molar-refractivity contribution < 1.29 is 0 Å². The highest BCUT2D eigenvalue weighted by Gasteiger charge is 2.36. The summed E-state index contributed by atoms with van der Waals surface area (Å²) < 4.78 is 8.49. The second-order valence-electron chi connectivity index (χ2n) is 8.53. The van der Waals surface area contributed by atoms with Gasteiger partial charge in [0, 0.05) is 58.9 Å². The van der Waals surface area contributed by atoms with Crippen molar-refractivity contribution >= 4 is 20.8 Å². The van der Waals surface area contributed by atoms with Crippen molar-refractivity contribution in [2.24, 2.45) is 17.8 Å². The molecule has 0 radical (unpaired) electrons. The summed E-state index contributed by atoms with van der Waals surface area (Å²) in [6.45, 7) is 25.4. The minimum Gasteiger partial charge on any atom is -0.299 e. The van der Waals surface area contributed by atoms with Gasteiger partial charge in [-0.2, -0.15) is 0 Å². The quantitative estimate of drug-likeness (QED) is 0.651. The fraction of sp³-hybridized carbons (Fsp3) is 1.00. The summed E-state index contributed by atoms with van der Waals surface area (Å²) in [4.78, 5) is 2.69. The summed E-state index contributed by atoms with van der Waals surface area (Å²) in [6.07, 6.45) is 0. The lowest BCUT2D eigenvalue weighted by atomic mass is 10.2. The molecule has 0 unspecified atom stereocenters. The van der Waals surface area contributed by atoms with Crippen molar-refractivity contribution in [3.63, 3.8) is 0 Å². The molecule has 3 fully saturated rings. The molecule has 0 saturated carbocycles. The van der Waals surface area contributed by atoms with Gasteiger partial charge in [0.05, 0.1) is 0 Å². The Morgan fingerprint density at radius 2 is 0.875 bits per heavy atom. The summed E-state index contributed by atoms with van der Waals surface area (Å²) in [7, 11) is -0.292. The number of hydrogen-bond donors (Lipinski definition) is 0. The normalized spacial score (nSPS) is 27.4. The highest BCUT2D eigenvalue weighted by molar-refractivity contribution is 7.50. The molecule has 4 nitrogen and oxygen atoms in total. The van der Waals surface area contributed by atoms with Crippen molar-refractivity contribution in [2.75, 3.05) is 58.9 Å². The molecule has 0 aromatic rings. The molecule has 3 aliphatic rings. The van der Waals surface area contributed by atoms with Crippen molar-refractivity contribution in [2.45, 2.75) is 41.5 Å². The predicted molar refractivity (Wildman–Crippen MR) is 110 cm³/mol. The van der Waals surface area contributed by atoms with Crippen LogP contribution in [0.2, 0.25) is 0 Å². The van der Waals surface area contributed by atoms with E-state index in [0.29, 0.717) is 0 Å². The maximum Gasteiger partial charge on any atom is 0.120 e. The van der Waals surface area contributed by atoms with Gasteiger partial charge in [-0.1, -0.05) is 41.5 Å². The van der Waals surface area contributed by atoms with Gasteiger partial charge in [0.1, 0.15) is 8.37 Å². The summed E-state index contributed by atoms with van der Waals surface area (Å²) in [6, 6.07) is 0. The van der Waals surface area contributed by atoms with Crippen LogP contribution < -0.4 is 0 Å². The minimum atomic E-state index is -0.292. The zero-order valence-corrected chi connectivity index (χ0v) is 18.5. The zero-order valence-electron chi connectivity index (χ0n) is 16.7. The molecule has 0 amide bonds. The Kier molecular flexibility index (Phi) is 10.0. The molecule has 2 bridgehead atoms. The lowest BCUT2D eigenvalue weighted by Gasteiger charge is -2.51. The molecule has 0 atom stereocenters. The van der Waals surface area contributed by atoms with Gasteiger partial charge in [-0.3, -0.25) is 18.9 Å². The second kappa shape index (κ2) is 10.6. The molecular formula is C18H40ClN4P. The maximum absolute atomic E-state index is 2.83. The number of hydrogen-bond acceptors (Lipinski definition) is 4. The third kappa shape index (κ3) is 6.70. The number of halogens is 1. The van der Waals surface area contributed by atoms with Crippen LogP contribution >= 0.6 is 20.8 Å². The smallest absolute Gasteiger partial charge is 0.120 e. The number of rotatable bonds is 6. The average Bonchev–Trinajstić information content (AvgIpc) is 2.38. The molecule has 0 aromatic heterocycles. The van der Waals surface area contributed by atoms with E-state index in [1.807, 2.05) is 0 Å². The van der Waals surface area contributed by atoms with Crippen LogP contribution in [0.4, 0.5) is 0 Å². The first-order valence-electron chi connectivity index (χ1n) is 9.63. The molecule has 3 aliphatic heterocycles. The monoisotopic (exact) mass is 378 g/mol. The average molecular weight is 379 g/mol. The third-order valence-electron chi connectivity index (χ3n) is 4.51. The standard InChI is InChI=1S/C18H39N4P.ClH/c1-16(2)13-20-10-7-19-8-11-21(14-17(3)4)23(20)22(12-9-19)15-18(5)6;/h16-18H,7-15H2,1-6H3;1H. The Morgan fingerprint density at radius 1 is 0.583 bits per heavy atom. The van der Waals surface area contributed by atoms with E-state index >= 15 is 0 Å². The molecule has 0 aromatic carbocycles. The van der Waals surface area contributed by atoms with Crippen molar-refractivity contribution in [1.29, 1.82) is 0 Å². The van der Waals surface area contributed by atoms with Gasteiger partial charge in [0.2, 0.25) is 0 Å². The van der Waals surface area contributed by atoms with Gasteiger partial charge in [-0.05, 0) is 17.8 Å². The second-order valence-corrected chi connectivity index (χ2v) is 10.8. The van der Waals surface area contributed by atoms with Crippen LogP contribution in [0.5, 0.6) is 0 Å². The van der Waals surface area contributed by atoms with Gasteiger partial charge in [-0.15, -0.1) is 12.4 Å². The summed E-state index contributed by atoms with van der Waals surface area (Å²) >= 11 is 0. The van der Waals surface area contributed by atoms with Gasteiger partial charge in [-0.25, -0.2) is 0 Å². The Hall–Kier alpha value is 0.560. The third-order valence-corrected chi connectivity index (χ3v) is 7.12. The van der Waals surface area contributed by atoms with Crippen LogP contribution in [0, 0.1) is 17.8 Å². The fourth-order valence-electron chi connectivity index (χ4n) is 3.67. The lowest BCUT2D eigenvalue weighted by Crippen LogP contribution is -2.53. The summed E-state index contributed by atoms with van der Waals surface area (Å²) in [5, 5.41) is 0. The van der Waals surface area contributed by atoms with Crippen LogP contribution in [0.1, 0.15) is 41.5 Å². The maximum atomic E-state index is 2.83. The molecule has 24 heavy (non-hydrogen) atoms. The molecular weight excluding hydrogens is 339 g/mol. The highest BCUT2D eigenvalue weighted by Crippen LogP contribution is 2.50. The van der Waals surface area contributed by atoms with Crippen LogP contribution in [0.3, 0.4) is 0 Å². The predicted octanol–water partition coefficient (Wildman–Crippen LogP) is 3.84. The van der Waals surface area contributed by atoms with Gasteiger partial charge >= 0.3 is 0 Å². The Labute approximate surface area is 158 Å². The van der Waals surface area contributed by atoms with Crippen LogP contribution in [-0.4, -0.2) is 77.8 Å². The topological polar surface area (TPSA) is 13.0 Å². The van der Waals surface area contributed by atoms with E-state index in [1.54, 1.807) is 0 Å². The molecule has 3 heterocycles. The molecule has 6 heteroatoms. The van der Waals surface area contributed by atoms with Gasteiger partial charge < -0.3 is 0 Å². The molecule has 3 rings (SSSR count). The van der Waals surface area contributed by atoms with E-state index in [-0.39, 0.29) is 20.8 Å². The first-order valence-corrected chi connectivity index (χ1v) is 10.8. The van der Waals surface area contributed by atoms with E-state index in [1.165, 1.54) is 58.9 Å². The lowest BCUT2D eigenvalue weighted by molar-refractivity contribution is 0.152. The van der Waals surface area contributed by atoms with E-state index < -0.39 is 0 Å². The van der Waals surface area contributed by atoms with Crippen LogP contribution in [0.25, 0.3) is 0 Å².